The average molecular weight is 219 g/mol. The van der Waals surface area contributed by atoms with Gasteiger partial charge in [-0.05, 0) is 6.26 Å². The summed E-state index contributed by atoms with van der Waals surface area (Å²) in [6, 6.07) is 0. The van der Waals surface area contributed by atoms with Crippen molar-refractivity contribution in [3.63, 3.8) is 0 Å². The van der Waals surface area contributed by atoms with E-state index in [1.54, 1.807) is 11.6 Å². The summed E-state index contributed by atoms with van der Waals surface area (Å²) in [5.41, 5.74) is 0. The summed E-state index contributed by atoms with van der Waals surface area (Å²) in [7, 11) is 0. The molecule has 0 rings (SSSR count). The summed E-state index contributed by atoms with van der Waals surface area (Å²) in [6.45, 7) is -0.0394. The highest BCUT2D eigenvalue weighted by Crippen LogP contribution is 2.22. The normalized spacial score (nSPS) is 11.8. The minimum absolute atomic E-state index is 0.0394. The lowest BCUT2D eigenvalue weighted by molar-refractivity contribution is -0.169. The highest BCUT2D eigenvalue weighted by Gasteiger charge is 2.48. The Hall–Kier alpha value is -0.460. The number of hydrogen-bond donors (Lipinski definition) is 1. The average Bonchev–Trinajstić information content (AvgIpc) is 2.04. The van der Waals surface area contributed by atoms with Crippen molar-refractivity contribution in [1.29, 1.82) is 0 Å². The molecule has 1 amide bonds. The quantitative estimate of drug-likeness (QED) is 0.559. The highest BCUT2D eigenvalue weighted by molar-refractivity contribution is 7.98. The fraction of sp³-hybridized carbons (Fsp3) is 0.833. The molecule has 0 aromatic carbocycles. The summed E-state index contributed by atoms with van der Waals surface area (Å²) in [5, 5.41) is 1.72. The Balaban J connectivity index is 3.95. The van der Waals surface area contributed by atoms with Gasteiger partial charge in [-0.25, -0.2) is 8.78 Å². The highest BCUT2D eigenvalue weighted by atomic mass is 32.2. The number of carbonyl (C=O) groups excluding carboxylic acids is 1. The molecular formula is C6H9F4NOS. The number of halogens is 4. The molecule has 0 bridgehead atoms. The van der Waals surface area contributed by atoms with Crippen molar-refractivity contribution >= 4 is 17.7 Å². The Morgan fingerprint density at radius 1 is 1.54 bits per heavy atom. The number of rotatable bonds is 5. The second kappa shape index (κ2) is 5.31. The summed E-state index contributed by atoms with van der Waals surface area (Å²) in [5.74, 6) is -6.10. The summed E-state index contributed by atoms with van der Waals surface area (Å²) >= 11 is 1.32. The third-order valence-electron chi connectivity index (χ3n) is 1.17. The van der Waals surface area contributed by atoms with E-state index < -0.39 is 18.3 Å². The molecule has 0 aliphatic rings. The number of alkyl halides is 4. The zero-order valence-corrected chi connectivity index (χ0v) is 7.64. The fourth-order valence-corrected chi connectivity index (χ4v) is 0.790. The topological polar surface area (TPSA) is 29.1 Å². The predicted octanol–water partition coefficient (Wildman–Crippen LogP) is 1.37. The van der Waals surface area contributed by atoms with Crippen molar-refractivity contribution < 1.29 is 22.4 Å². The van der Waals surface area contributed by atoms with E-state index in [0.29, 0.717) is 5.75 Å². The van der Waals surface area contributed by atoms with Crippen LogP contribution in [-0.2, 0) is 4.79 Å². The van der Waals surface area contributed by atoms with Gasteiger partial charge in [0.2, 0.25) is 0 Å². The van der Waals surface area contributed by atoms with Crippen molar-refractivity contribution in [3.8, 4) is 0 Å². The van der Waals surface area contributed by atoms with Gasteiger partial charge in [0.25, 0.3) is 5.91 Å². The molecule has 1 N–H and O–H groups in total. The lowest BCUT2D eigenvalue weighted by atomic mass is 10.3. The molecule has 2 nitrogen and oxygen atoms in total. The van der Waals surface area contributed by atoms with Gasteiger partial charge < -0.3 is 5.32 Å². The zero-order valence-electron chi connectivity index (χ0n) is 6.82. The van der Waals surface area contributed by atoms with Crippen molar-refractivity contribution in [2.45, 2.75) is 12.3 Å². The van der Waals surface area contributed by atoms with Crippen molar-refractivity contribution in [1.82, 2.24) is 5.32 Å². The number of carbonyl (C=O) groups is 1. The van der Waals surface area contributed by atoms with E-state index >= 15 is 0 Å². The van der Waals surface area contributed by atoms with Gasteiger partial charge in [0.05, 0.1) is 0 Å². The molecule has 0 unspecified atom stereocenters. The third kappa shape index (κ3) is 3.84. The first-order chi connectivity index (χ1) is 5.92. The van der Waals surface area contributed by atoms with Gasteiger partial charge in [-0.15, -0.1) is 0 Å². The van der Waals surface area contributed by atoms with Crippen LogP contribution in [0.25, 0.3) is 0 Å². The van der Waals surface area contributed by atoms with Gasteiger partial charge in [0, 0.05) is 12.3 Å². The maximum Gasteiger partial charge on any atom is 0.383 e. The second-order valence-corrected chi connectivity index (χ2v) is 3.16. The molecule has 0 heterocycles. The van der Waals surface area contributed by atoms with Crippen LogP contribution in [0.15, 0.2) is 0 Å². The van der Waals surface area contributed by atoms with E-state index in [1.807, 2.05) is 0 Å². The van der Waals surface area contributed by atoms with Crippen LogP contribution < -0.4 is 5.32 Å². The Morgan fingerprint density at radius 3 is 2.46 bits per heavy atom. The summed E-state index contributed by atoms with van der Waals surface area (Å²) < 4.78 is 47.5. The maximum absolute atomic E-state index is 12.2. The van der Waals surface area contributed by atoms with Gasteiger partial charge in [0.15, 0.2) is 0 Å². The predicted molar refractivity (Wildman–Crippen MR) is 42.3 cm³/mol. The second-order valence-electron chi connectivity index (χ2n) is 2.17. The number of amides is 1. The van der Waals surface area contributed by atoms with E-state index in [0.717, 1.165) is 0 Å². The van der Waals surface area contributed by atoms with Crippen LogP contribution in [0, 0.1) is 0 Å². The molecule has 0 spiro atoms. The first-order valence-corrected chi connectivity index (χ1v) is 4.75. The Labute approximate surface area is 77.1 Å². The first kappa shape index (κ1) is 12.5. The molecule has 0 fully saturated rings. The first-order valence-electron chi connectivity index (χ1n) is 3.36. The SMILES string of the molecule is CSCCNC(=O)C(F)(F)C(F)F. The number of nitrogens with one attached hydrogen (secondary N) is 1. The van der Waals surface area contributed by atoms with Crippen LogP contribution in [0.1, 0.15) is 0 Å². The van der Waals surface area contributed by atoms with E-state index in [9.17, 15) is 22.4 Å². The molecule has 0 aromatic heterocycles. The van der Waals surface area contributed by atoms with Crippen LogP contribution in [0.3, 0.4) is 0 Å². The molecule has 0 atom stereocenters. The minimum Gasteiger partial charge on any atom is -0.350 e. The molecule has 0 aliphatic carbocycles. The molecule has 0 saturated heterocycles. The Morgan fingerprint density at radius 2 is 2.08 bits per heavy atom. The van der Waals surface area contributed by atoms with E-state index in [-0.39, 0.29) is 6.54 Å². The molecule has 0 radical (unpaired) electrons. The van der Waals surface area contributed by atoms with Gasteiger partial charge in [-0.2, -0.15) is 20.5 Å². The van der Waals surface area contributed by atoms with E-state index in [4.69, 9.17) is 0 Å². The van der Waals surface area contributed by atoms with Crippen LogP contribution >= 0.6 is 11.8 Å². The minimum atomic E-state index is -4.58. The van der Waals surface area contributed by atoms with Crippen molar-refractivity contribution in [2.24, 2.45) is 0 Å². The summed E-state index contributed by atoms with van der Waals surface area (Å²) in [4.78, 5) is 10.4. The fourth-order valence-electron chi connectivity index (χ4n) is 0.484. The number of thioether (sulfide) groups is 1. The zero-order chi connectivity index (χ0) is 10.5. The molecule has 0 aromatic rings. The smallest absolute Gasteiger partial charge is 0.350 e. The largest absolute Gasteiger partial charge is 0.383 e. The Kier molecular flexibility index (Phi) is 5.12. The van der Waals surface area contributed by atoms with Gasteiger partial charge in [0.1, 0.15) is 0 Å². The van der Waals surface area contributed by atoms with Gasteiger partial charge >= 0.3 is 12.3 Å². The molecule has 0 saturated carbocycles. The molecule has 78 valence electrons. The monoisotopic (exact) mass is 219 g/mol. The van der Waals surface area contributed by atoms with Crippen LogP contribution in [0.2, 0.25) is 0 Å². The number of hydrogen-bond acceptors (Lipinski definition) is 2. The molecule has 7 heteroatoms. The van der Waals surface area contributed by atoms with Gasteiger partial charge in [-0.3, -0.25) is 4.79 Å². The van der Waals surface area contributed by atoms with E-state index in [1.165, 1.54) is 11.8 Å². The van der Waals surface area contributed by atoms with Crippen molar-refractivity contribution in [3.05, 3.63) is 0 Å². The molecule has 13 heavy (non-hydrogen) atoms. The van der Waals surface area contributed by atoms with Crippen molar-refractivity contribution in [2.75, 3.05) is 18.6 Å². The lowest BCUT2D eigenvalue weighted by Gasteiger charge is -2.14. The maximum atomic E-state index is 12.2. The van der Waals surface area contributed by atoms with E-state index in [2.05, 4.69) is 0 Å². The summed E-state index contributed by atoms with van der Waals surface area (Å²) in [6.07, 6.45) is -2.25. The van der Waals surface area contributed by atoms with Gasteiger partial charge in [-0.1, -0.05) is 0 Å². The Bertz CT molecular complexity index is 176. The lowest BCUT2D eigenvalue weighted by Crippen LogP contribution is -2.45. The van der Waals surface area contributed by atoms with Crippen LogP contribution in [0.4, 0.5) is 17.6 Å². The standard InChI is InChI=1S/C6H9F4NOS/c1-13-3-2-11-5(12)6(9,10)4(7)8/h4H,2-3H2,1H3,(H,11,12). The van der Waals surface area contributed by atoms with Crippen LogP contribution in [-0.4, -0.2) is 36.8 Å². The van der Waals surface area contributed by atoms with Crippen LogP contribution in [0.5, 0.6) is 0 Å². The third-order valence-corrected chi connectivity index (χ3v) is 1.78. The molecular weight excluding hydrogens is 210 g/mol. The molecule has 0 aliphatic heterocycles.